The topological polar surface area (TPSA) is 52.6 Å². The van der Waals surface area contributed by atoms with Crippen LogP contribution in [0.2, 0.25) is 0 Å². The number of benzene rings is 2. The minimum atomic E-state index is -0.555. The van der Waals surface area contributed by atoms with Crippen LogP contribution in [-0.2, 0) is 25.7 Å². The van der Waals surface area contributed by atoms with Gasteiger partial charge in [-0.05, 0) is 35.2 Å². The predicted molar refractivity (Wildman–Crippen MR) is 107 cm³/mol. The Balaban J connectivity index is 1.81. The fraction of sp³-hybridized carbons (Fsp3) is 0.391. The van der Waals surface area contributed by atoms with Crippen molar-refractivity contribution in [1.82, 2.24) is 0 Å². The molecular formula is C23H28O4. The van der Waals surface area contributed by atoms with Crippen molar-refractivity contribution >= 4 is 22.7 Å². The van der Waals surface area contributed by atoms with E-state index in [0.717, 1.165) is 60.6 Å². The van der Waals surface area contributed by atoms with Gasteiger partial charge in [0.1, 0.15) is 12.7 Å². The molecule has 0 heterocycles. The Morgan fingerprint density at radius 2 is 1.67 bits per heavy atom. The van der Waals surface area contributed by atoms with Gasteiger partial charge >= 0.3 is 11.9 Å². The quantitative estimate of drug-likeness (QED) is 0.419. The first kappa shape index (κ1) is 20.7. The van der Waals surface area contributed by atoms with Crippen LogP contribution in [0.25, 0.3) is 10.8 Å². The predicted octanol–water partition coefficient (Wildman–Crippen LogP) is 5.34. The molecule has 4 nitrogen and oxygen atoms in total. The number of rotatable bonds is 10. The zero-order valence-electron chi connectivity index (χ0n) is 16.1. The van der Waals surface area contributed by atoms with E-state index in [1.807, 2.05) is 42.5 Å². The summed E-state index contributed by atoms with van der Waals surface area (Å²) in [6, 6.07) is 13.9. The molecule has 0 bridgehead atoms. The fourth-order valence-corrected chi connectivity index (χ4v) is 2.89. The number of hydrogen-bond acceptors (Lipinski definition) is 4. The maximum atomic E-state index is 11.9. The minimum absolute atomic E-state index is 0.0827. The van der Waals surface area contributed by atoms with Crippen LogP contribution in [0.5, 0.6) is 0 Å². The molecule has 0 spiro atoms. The second-order valence-electron chi connectivity index (χ2n) is 6.61. The van der Waals surface area contributed by atoms with Crippen LogP contribution in [-0.4, -0.2) is 18.0 Å². The standard InChI is InChI=1S/C23H28O4/c1-3-5-11-21(8-4-2)27-23(25)15-14-22(24)26-17-18-12-13-19-9-6-7-10-20(19)16-18/h6-7,9-10,12-16,21H,3-5,8,11,17H2,1-2H3/b15-14+. The Kier molecular flexibility index (Phi) is 8.56. The first-order valence-electron chi connectivity index (χ1n) is 9.65. The lowest BCUT2D eigenvalue weighted by atomic mass is 10.1. The Labute approximate surface area is 161 Å². The first-order chi connectivity index (χ1) is 13.1. The van der Waals surface area contributed by atoms with Crippen molar-refractivity contribution in [2.24, 2.45) is 0 Å². The van der Waals surface area contributed by atoms with Gasteiger partial charge in [-0.1, -0.05) is 69.5 Å². The summed E-state index contributed by atoms with van der Waals surface area (Å²) in [6.45, 7) is 4.33. The summed E-state index contributed by atoms with van der Waals surface area (Å²) in [5.41, 5.74) is 0.903. The molecule has 0 aromatic heterocycles. The van der Waals surface area contributed by atoms with Crippen molar-refractivity contribution in [2.45, 2.75) is 58.7 Å². The highest BCUT2D eigenvalue weighted by molar-refractivity contribution is 5.91. The smallest absolute Gasteiger partial charge is 0.331 e. The lowest BCUT2D eigenvalue weighted by molar-refractivity contribution is -0.145. The van der Waals surface area contributed by atoms with Gasteiger partial charge in [0.2, 0.25) is 0 Å². The maximum Gasteiger partial charge on any atom is 0.331 e. The molecule has 1 atom stereocenters. The molecule has 2 rings (SSSR count). The molecule has 4 heteroatoms. The van der Waals surface area contributed by atoms with E-state index in [4.69, 9.17) is 9.47 Å². The monoisotopic (exact) mass is 368 g/mol. The number of carbonyl (C=O) groups is 2. The molecule has 2 aromatic carbocycles. The third kappa shape index (κ3) is 7.26. The summed E-state index contributed by atoms with van der Waals surface area (Å²) < 4.78 is 10.6. The summed E-state index contributed by atoms with van der Waals surface area (Å²) in [6.07, 6.45) is 6.94. The van der Waals surface area contributed by atoms with E-state index in [1.54, 1.807) is 0 Å². The van der Waals surface area contributed by atoms with Crippen molar-refractivity contribution in [3.8, 4) is 0 Å². The highest BCUT2D eigenvalue weighted by Gasteiger charge is 2.11. The zero-order chi connectivity index (χ0) is 19.5. The summed E-state index contributed by atoms with van der Waals surface area (Å²) in [5.74, 6) is -1.05. The summed E-state index contributed by atoms with van der Waals surface area (Å²) in [5, 5.41) is 2.24. The summed E-state index contributed by atoms with van der Waals surface area (Å²) >= 11 is 0. The number of carbonyl (C=O) groups excluding carboxylic acids is 2. The number of esters is 2. The molecule has 1 unspecified atom stereocenters. The van der Waals surface area contributed by atoms with E-state index in [2.05, 4.69) is 13.8 Å². The number of unbranched alkanes of at least 4 members (excludes halogenated alkanes) is 1. The Bertz CT molecular complexity index is 779. The molecule has 0 radical (unpaired) electrons. The van der Waals surface area contributed by atoms with Gasteiger partial charge in [0.05, 0.1) is 0 Å². The number of hydrogen-bond donors (Lipinski definition) is 0. The Morgan fingerprint density at radius 3 is 2.41 bits per heavy atom. The largest absolute Gasteiger partial charge is 0.459 e. The first-order valence-corrected chi connectivity index (χ1v) is 9.65. The van der Waals surface area contributed by atoms with Crippen molar-refractivity contribution in [3.05, 3.63) is 60.2 Å². The van der Waals surface area contributed by atoms with E-state index >= 15 is 0 Å². The molecular weight excluding hydrogens is 340 g/mol. The molecule has 0 aliphatic carbocycles. The number of fused-ring (bicyclic) bond motifs is 1. The average molecular weight is 368 g/mol. The van der Waals surface area contributed by atoms with Gasteiger partial charge in [-0.25, -0.2) is 9.59 Å². The van der Waals surface area contributed by atoms with Crippen molar-refractivity contribution in [1.29, 1.82) is 0 Å². The second kappa shape index (κ2) is 11.2. The molecule has 0 aliphatic heterocycles. The van der Waals surface area contributed by atoms with Gasteiger partial charge in [-0.3, -0.25) is 0 Å². The molecule has 0 aliphatic rings. The molecule has 0 amide bonds. The van der Waals surface area contributed by atoms with Gasteiger partial charge in [0.25, 0.3) is 0 Å². The van der Waals surface area contributed by atoms with E-state index in [1.165, 1.54) is 0 Å². The third-order valence-electron chi connectivity index (χ3n) is 4.32. The molecule has 27 heavy (non-hydrogen) atoms. The Hall–Kier alpha value is -2.62. The summed E-state index contributed by atoms with van der Waals surface area (Å²) in [7, 11) is 0. The molecule has 144 valence electrons. The molecule has 0 fully saturated rings. The van der Waals surface area contributed by atoms with Crippen LogP contribution in [0, 0.1) is 0 Å². The van der Waals surface area contributed by atoms with Crippen LogP contribution >= 0.6 is 0 Å². The molecule has 0 saturated heterocycles. The van der Waals surface area contributed by atoms with Crippen LogP contribution in [0.15, 0.2) is 54.6 Å². The zero-order valence-corrected chi connectivity index (χ0v) is 16.1. The van der Waals surface area contributed by atoms with Gasteiger partial charge in [-0.15, -0.1) is 0 Å². The molecule has 2 aromatic rings. The molecule has 0 saturated carbocycles. The van der Waals surface area contributed by atoms with Crippen LogP contribution < -0.4 is 0 Å². The van der Waals surface area contributed by atoms with Gasteiger partial charge in [-0.2, -0.15) is 0 Å². The lowest BCUT2D eigenvalue weighted by Crippen LogP contribution is -2.17. The fourth-order valence-electron chi connectivity index (χ4n) is 2.89. The van der Waals surface area contributed by atoms with E-state index in [9.17, 15) is 9.59 Å². The Morgan fingerprint density at radius 1 is 0.926 bits per heavy atom. The van der Waals surface area contributed by atoms with Crippen molar-refractivity contribution < 1.29 is 19.1 Å². The van der Waals surface area contributed by atoms with Crippen LogP contribution in [0.4, 0.5) is 0 Å². The van der Waals surface area contributed by atoms with Gasteiger partial charge in [0.15, 0.2) is 0 Å². The van der Waals surface area contributed by atoms with E-state index in [0.29, 0.717) is 0 Å². The van der Waals surface area contributed by atoms with Gasteiger partial charge < -0.3 is 9.47 Å². The van der Waals surface area contributed by atoms with Crippen molar-refractivity contribution in [3.63, 3.8) is 0 Å². The third-order valence-corrected chi connectivity index (χ3v) is 4.32. The van der Waals surface area contributed by atoms with E-state index in [-0.39, 0.29) is 12.7 Å². The SMILES string of the molecule is CCCCC(CCC)OC(=O)/C=C/C(=O)OCc1ccc2ccccc2c1. The van der Waals surface area contributed by atoms with Crippen molar-refractivity contribution in [2.75, 3.05) is 0 Å². The normalized spacial score (nSPS) is 12.2. The highest BCUT2D eigenvalue weighted by Crippen LogP contribution is 2.16. The van der Waals surface area contributed by atoms with Gasteiger partial charge in [0, 0.05) is 12.2 Å². The minimum Gasteiger partial charge on any atom is -0.459 e. The van der Waals surface area contributed by atoms with E-state index < -0.39 is 11.9 Å². The van der Waals surface area contributed by atoms with Crippen LogP contribution in [0.3, 0.4) is 0 Å². The maximum absolute atomic E-state index is 11.9. The average Bonchev–Trinajstić information content (AvgIpc) is 2.69. The highest BCUT2D eigenvalue weighted by atomic mass is 16.5. The van der Waals surface area contributed by atoms with Crippen LogP contribution in [0.1, 0.15) is 51.5 Å². The lowest BCUT2D eigenvalue weighted by Gasteiger charge is -2.15. The molecule has 0 N–H and O–H groups in total. The number of ether oxygens (including phenoxy) is 2. The summed E-state index contributed by atoms with van der Waals surface area (Å²) in [4.78, 5) is 23.8. The second-order valence-corrected chi connectivity index (χ2v) is 6.61.